The van der Waals surface area contributed by atoms with Crippen LogP contribution in [0.1, 0.15) is 39.0 Å². The van der Waals surface area contributed by atoms with Crippen molar-refractivity contribution in [2.45, 2.75) is 39.0 Å². The predicted molar refractivity (Wildman–Crippen MR) is 66.4 cm³/mol. The summed E-state index contributed by atoms with van der Waals surface area (Å²) >= 11 is 0. The molecule has 0 rings (SSSR count). The average molecular weight is 190 g/mol. The zero-order chi connectivity index (χ0) is 10.5. The molecule has 0 bridgehead atoms. The van der Waals surface area contributed by atoms with Crippen molar-refractivity contribution in [2.24, 2.45) is 0 Å². The van der Waals surface area contributed by atoms with E-state index in [0.717, 1.165) is 19.3 Å². The first-order valence-electron chi connectivity index (χ1n) is 5.44. The largest absolute Gasteiger partial charge is 0.103 e. The second-order valence-corrected chi connectivity index (χ2v) is 3.19. The zero-order valence-electron chi connectivity index (χ0n) is 9.28. The summed E-state index contributed by atoms with van der Waals surface area (Å²) in [7, 11) is 0. The SMILES string of the molecule is C=CCC=CCCC=CCCC=CC. The Hall–Kier alpha value is -1.04. The molecule has 0 aromatic rings. The third-order valence-corrected chi connectivity index (χ3v) is 1.87. The van der Waals surface area contributed by atoms with E-state index in [1.54, 1.807) is 0 Å². The second kappa shape index (κ2) is 12.0. The van der Waals surface area contributed by atoms with E-state index in [1.165, 1.54) is 12.8 Å². The Balaban J connectivity index is 3.22. The van der Waals surface area contributed by atoms with Crippen molar-refractivity contribution >= 4 is 0 Å². The van der Waals surface area contributed by atoms with Gasteiger partial charge in [0.05, 0.1) is 0 Å². The van der Waals surface area contributed by atoms with Crippen LogP contribution in [0, 0.1) is 0 Å². The number of rotatable bonds is 8. The van der Waals surface area contributed by atoms with Crippen molar-refractivity contribution in [1.82, 2.24) is 0 Å². The summed E-state index contributed by atoms with van der Waals surface area (Å²) in [5, 5.41) is 0. The molecule has 0 nitrogen and oxygen atoms in total. The summed E-state index contributed by atoms with van der Waals surface area (Å²) in [6.45, 7) is 5.73. The summed E-state index contributed by atoms with van der Waals surface area (Å²) in [6, 6.07) is 0. The molecule has 0 heterocycles. The van der Waals surface area contributed by atoms with E-state index < -0.39 is 0 Å². The number of hydrogen-bond acceptors (Lipinski definition) is 0. The molecule has 0 amide bonds. The Labute approximate surface area is 88.7 Å². The first-order valence-corrected chi connectivity index (χ1v) is 5.44. The van der Waals surface area contributed by atoms with Gasteiger partial charge in [-0.05, 0) is 39.0 Å². The van der Waals surface area contributed by atoms with Gasteiger partial charge in [0, 0.05) is 0 Å². The number of allylic oxidation sites excluding steroid dienone is 7. The van der Waals surface area contributed by atoms with Crippen LogP contribution >= 0.6 is 0 Å². The van der Waals surface area contributed by atoms with Crippen LogP contribution in [0.2, 0.25) is 0 Å². The average Bonchev–Trinajstić information content (AvgIpc) is 2.21. The van der Waals surface area contributed by atoms with Crippen LogP contribution in [-0.2, 0) is 0 Å². The van der Waals surface area contributed by atoms with Crippen molar-refractivity contribution in [3.05, 3.63) is 49.1 Å². The van der Waals surface area contributed by atoms with Crippen molar-refractivity contribution in [3.8, 4) is 0 Å². The maximum atomic E-state index is 3.66. The molecule has 0 N–H and O–H groups in total. The molecule has 0 aliphatic rings. The van der Waals surface area contributed by atoms with E-state index in [2.05, 4.69) is 50.0 Å². The van der Waals surface area contributed by atoms with Crippen LogP contribution in [0.15, 0.2) is 49.1 Å². The molecule has 0 unspecified atom stereocenters. The highest BCUT2D eigenvalue weighted by Gasteiger charge is 1.77. The van der Waals surface area contributed by atoms with Gasteiger partial charge in [0.25, 0.3) is 0 Å². The van der Waals surface area contributed by atoms with E-state index in [9.17, 15) is 0 Å². The molecule has 14 heavy (non-hydrogen) atoms. The lowest BCUT2D eigenvalue weighted by Gasteiger charge is -1.88. The highest BCUT2D eigenvalue weighted by atomic mass is 13.8. The van der Waals surface area contributed by atoms with E-state index in [1.807, 2.05) is 6.08 Å². The highest BCUT2D eigenvalue weighted by molar-refractivity contribution is 4.92. The minimum Gasteiger partial charge on any atom is -0.103 e. The summed E-state index contributed by atoms with van der Waals surface area (Å²) in [5.74, 6) is 0. The normalized spacial score (nSPS) is 12.1. The van der Waals surface area contributed by atoms with Gasteiger partial charge in [0.1, 0.15) is 0 Å². The summed E-state index contributed by atoms with van der Waals surface area (Å²) in [5.41, 5.74) is 0. The predicted octanol–water partition coefficient (Wildman–Crippen LogP) is 4.81. The molecule has 0 saturated heterocycles. The lowest BCUT2D eigenvalue weighted by atomic mass is 10.2. The molecule has 0 saturated carbocycles. The van der Waals surface area contributed by atoms with Gasteiger partial charge >= 0.3 is 0 Å². The van der Waals surface area contributed by atoms with Crippen LogP contribution in [0.25, 0.3) is 0 Å². The van der Waals surface area contributed by atoms with E-state index in [-0.39, 0.29) is 0 Å². The van der Waals surface area contributed by atoms with Gasteiger partial charge in [-0.15, -0.1) is 6.58 Å². The minimum atomic E-state index is 0.991. The molecule has 0 radical (unpaired) electrons. The molecule has 0 aromatic carbocycles. The minimum absolute atomic E-state index is 0.991. The lowest BCUT2D eigenvalue weighted by Crippen LogP contribution is -1.67. The van der Waals surface area contributed by atoms with Crippen LogP contribution in [0.3, 0.4) is 0 Å². The molecular weight excluding hydrogens is 168 g/mol. The Kier molecular flexibility index (Phi) is 11.1. The van der Waals surface area contributed by atoms with Gasteiger partial charge in [-0.25, -0.2) is 0 Å². The van der Waals surface area contributed by atoms with Gasteiger partial charge in [0.2, 0.25) is 0 Å². The van der Waals surface area contributed by atoms with Crippen molar-refractivity contribution < 1.29 is 0 Å². The summed E-state index contributed by atoms with van der Waals surface area (Å²) in [4.78, 5) is 0. The first kappa shape index (κ1) is 13.0. The van der Waals surface area contributed by atoms with Crippen LogP contribution in [-0.4, -0.2) is 0 Å². The lowest BCUT2D eigenvalue weighted by molar-refractivity contribution is 1.00. The summed E-state index contributed by atoms with van der Waals surface area (Å²) < 4.78 is 0. The second-order valence-electron chi connectivity index (χ2n) is 3.19. The third-order valence-electron chi connectivity index (χ3n) is 1.87. The van der Waals surface area contributed by atoms with Crippen LogP contribution in [0.5, 0.6) is 0 Å². The van der Waals surface area contributed by atoms with Crippen molar-refractivity contribution in [2.75, 3.05) is 0 Å². The molecule has 0 aliphatic carbocycles. The van der Waals surface area contributed by atoms with Crippen LogP contribution in [0.4, 0.5) is 0 Å². The molecule has 0 aliphatic heterocycles. The molecule has 78 valence electrons. The fourth-order valence-electron chi connectivity index (χ4n) is 1.10. The van der Waals surface area contributed by atoms with Crippen molar-refractivity contribution in [1.29, 1.82) is 0 Å². The van der Waals surface area contributed by atoms with Crippen molar-refractivity contribution in [3.63, 3.8) is 0 Å². The van der Waals surface area contributed by atoms with Gasteiger partial charge in [-0.2, -0.15) is 0 Å². The van der Waals surface area contributed by atoms with E-state index in [0.29, 0.717) is 0 Å². The third kappa shape index (κ3) is 11.0. The molecule has 0 fully saturated rings. The maximum absolute atomic E-state index is 3.66. The Morgan fingerprint density at radius 1 is 0.786 bits per heavy atom. The highest BCUT2D eigenvalue weighted by Crippen LogP contribution is 1.98. The van der Waals surface area contributed by atoms with E-state index in [4.69, 9.17) is 0 Å². The fraction of sp³-hybridized carbons (Fsp3) is 0.429. The number of unbranched alkanes of at least 4 members (excludes halogenated alkanes) is 2. The monoisotopic (exact) mass is 190 g/mol. The molecular formula is C14H22. The standard InChI is InChI=1S/C14H22/c1-3-5-7-9-11-13-14-12-10-8-6-4-2/h3-4,6-7,9,12,14H,1,5,8,10-11,13H2,2H3. The molecule has 0 atom stereocenters. The Bertz CT molecular complexity index is 194. The van der Waals surface area contributed by atoms with Gasteiger partial charge < -0.3 is 0 Å². The smallest absolute Gasteiger partial charge is 0.0172 e. The quantitative estimate of drug-likeness (QED) is 0.380. The Morgan fingerprint density at radius 2 is 1.29 bits per heavy atom. The van der Waals surface area contributed by atoms with Gasteiger partial charge in [-0.1, -0.05) is 42.5 Å². The fourth-order valence-corrected chi connectivity index (χ4v) is 1.10. The van der Waals surface area contributed by atoms with Gasteiger partial charge in [-0.3, -0.25) is 0 Å². The molecule has 0 heteroatoms. The Morgan fingerprint density at radius 3 is 1.79 bits per heavy atom. The van der Waals surface area contributed by atoms with E-state index >= 15 is 0 Å². The summed E-state index contributed by atoms with van der Waals surface area (Å²) in [6.07, 6.45) is 20.8. The zero-order valence-corrected chi connectivity index (χ0v) is 9.28. The molecule has 0 spiro atoms. The number of hydrogen-bond donors (Lipinski definition) is 0. The molecule has 0 aromatic heterocycles. The van der Waals surface area contributed by atoms with Crippen LogP contribution < -0.4 is 0 Å². The van der Waals surface area contributed by atoms with Gasteiger partial charge in [0.15, 0.2) is 0 Å². The maximum Gasteiger partial charge on any atom is -0.0172 e. The topological polar surface area (TPSA) is 0 Å². The first-order chi connectivity index (χ1) is 6.91.